The highest BCUT2D eigenvalue weighted by Crippen LogP contribution is 2.14. The van der Waals surface area contributed by atoms with Gasteiger partial charge in [-0.1, -0.05) is 77.0 Å². The van der Waals surface area contributed by atoms with Gasteiger partial charge in [0.2, 0.25) is 29.5 Å². The molecule has 0 aromatic carbocycles. The molecular formula is C39H70ClN5O13. The number of ether oxygens (including phenoxy) is 4. The number of amides is 5. The van der Waals surface area contributed by atoms with E-state index in [1.54, 1.807) is 0 Å². The van der Waals surface area contributed by atoms with Crippen LogP contribution in [0.25, 0.3) is 0 Å². The van der Waals surface area contributed by atoms with Crippen LogP contribution >= 0.6 is 11.6 Å². The minimum Gasteiger partial charge on any atom is -0.481 e. The number of aliphatic carboxylic acids is 2. The lowest BCUT2D eigenvalue weighted by atomic mass is 10.0. The summed E-state index contributed by atoms with van der Waals surface area (Å²) in [4.78, 5) is 81.1. The fraction of sp³-hybridized carbons (Fsp3) is 0.821. The molecule has 0 spiro atoms. The van der Waals surface area contributed by atoms with Crippen LogP contribution < -0.4 is 26.6 Å². The summed E-state index contributed by atoms with van der Waals surface area (Å²) in [6.45, 7) is 1.90. The molecule has 0 fully saturated rings. The van der Waals surface area contributed by atoms with E-state index in [0.717, 1.165) is 38.5 Å². The topological polar surface area (TPSA) is 257 Å². The molecule has 0 bridgehead atoms. The van der Waals surface area contributed by atoms with Crippen molar-refractivity contribution in [2.24, 2.45) is 0 Å². The molecule has 0 heterocycles. The first-order valence-electron chi connectivity index (χ1n) is 20.7. The molecule has 0 aromatic rings. The highest BCUT2D eigenvalue weighted by molar-refractivity contribution is 6.27. The predicted molar refractivity (Wildman–Crippen MR) is 216 cm³/mol. The molecule has 0 aliphatic carbocycles. The van der Waals surface area contributed by atoms with Gasteiger partial charge in [0.05, 0.1) is 39.6 Å². The number of carboxylic acid groups (broad SMARTS) is 2. The van der Waals surface area contributed by atoms with Crippen LogP contribution in [0.15, 0.2) is 0 Å². The third-order valence-corrected chi connectivity index (χ3v) is 8.82. The molecular weight excluding hydrogens is 782 g/mol. The van der Waals surface area contributed by atoms with Crippen LogP contribution in [0.5, 0.6) is 0 Å². The summed E-state index contributed by atoms with van der Waals surface area (Å²) in [5, 5.41) is 31.0. The van der Waals surface area contributed by atoms with Crippen molar-refractivity contribution < 1.29 is 62.7 Å². The number of hydrogen-bond donors (Lipinski definition) is 7. The van der Waals surface area contributed by atoms with Gasteiger partial charge < -0.3 is 55.7 Å². The number of carbonyl (C=O) groups excluding carboxylic acids is 5. The molecule has 5 amide bonds. The fourth-order valence-corrected chi connectivity index (χ4v) is 5.51. The van der Waals surface area contributed by atoms with E-state index < -0.39 is 18.0 Å². The zero-order chi connectivity index (χ0) is 42.9. The minimum absolute atomic E-state index is 0.0295. The summed E-state index contributed by atoms with van der Waals surface area (Å²) in [7, 11) is 0. The Morgan fingerprint density at radius 1 is 0.431 bits per heavy atom. The van der Waals surface area contributed by atoms with Crippen molar-refractivity contribution in [3.63, 3.8) is 0 Å². The Morgan fingerprint density at radius 3 is 1.28 bits per heavy atom. The van der Waals surface area contributed by atoms with E-state index in [1.165, 1.54) is 44.9 Å². The number of halogens is 1. The van der Waals surface area contributed by atoms with Crippen LogP contribution in [0.3, 0.4) is 0 Å². The number of unbranched alkanes of at least 4 members (excludes halogenated alkanes) is 13. The largest absolute Gasteiger partial charge is 0.481 e. The lowest BCUT2D eigenvalue weighted by Gasteiger charge is -2.14. The maximum absolute atomic E-state index is 12.3. The van der Waals surface area contributed by atoms with Crippen LogP contribution in [0.1, 0.15) is 116 Å². The van der Waals surface area contributed by atoms with Crippen molar-refractivity contribution in [2.45, 2.75) is 122 Å². The second-order valence-corrected chi connectivity index (χ2v) is 14.0. The molecule has 19 heteroatoms. The molecule has 0 aromatic heterocycles. The summed E-state index contributed by atoms with van der Waals surface area (Å²) in [6, 6.07) is -1.14. The molecule has 18 nitrogen and oxygen atoms in total. The fourth-order valence-electron chi connectivity index (χ4n) is 5.42. The van der Waals surface area contributed by atoms with Crippen LogP contribution in [-0.4, -0.2) is 143 Å². The number of hydrogen-bond acceptors (Lipinski definition) is 11. The van der Waals surface area contributed by atoms with Crippen LogP contribution in [0, 0.1) is 0 Å². The van der Waals surface area contributed by atoms with Crippen molar-refractivity contribution in [1.29, 1.82) is 0 Å². The van der Waals surface area contributed by atoms with Crippen LogP contribution in [0.4, 0.5) is 0 Å². The number of carbonyl (C=O) groups is 7. The lowest BCUT2D eigenvalue weighted by Crippen LogP contribution is -2.41. The van der Waals surface area contributed by atoms with Gasteiger partial charge in [0, 0.05) is 45.4 Å². The smallest absolute Gasteiger partial charge is 0.326 e. The summed E-state index contributed by atoms with van der Waals surface area (Å²) in [6.07, 6.45) is 15.5. The van der Waals surface area contributed by atoms with Gasteiger partial charge in [-0.2, -0.15) is 0 Å². The Bertz CT molecular complexity index is 1140. The van der Waals surface area contributed by atoms with Gasteiger partial charge in [-0.05, 0) is 19.3 Å². The minimum atomic E-state index is -1.19. The third kappa shape index (κ3) is 39.3. The standard InChI is InChI=1S/C39H70ClN5O13/c40-29-35(48)41-19-20-42-36(49)30-57-27-26-56-24-22-44-37(50)31-58-28-25-55-23-21-43-33(46)18-17-32(39(53)54)45-34(47)15-13-11-9-7-5-3-1-2-4-6-8-10-12-14-16-38(51)52/h32H,1-31H2,(H,41,48)(H,42,49)(H,43,46)(H,44,50)(H,45,47)(H,51,52)(H,53,54)/t32-/m0/s1. The summed E-state index contributed by atoms with van der Waals surface area (Å²) >= 11 is 5.35. The number of rotatable bonds is 42. The Balaban J connectivity index is 3.65. The van der Waals surface area contributed by atoms with Gasteiger partial charge in [-0.15, -0.1) is 11.6 Å². The van der Waals surface area contributed by atoms with Gasteiger partial charge >= 0.3 is 11.9 Å². The Morgan fingerprint density at radius 2 is 0.828 bits per heavy atom. The first-order chi connectivity index (χ1) is 28.0. The first kappa shape index (κ1) is 54.4. The van der Waals surface area contributed by atoms with Gasteiger partial charge in [-0.3, -0.25) is 28.8 Å². The zero-order valence-electron chi connectivity index (χ0n) is 34.3. The second-order valence-electron chi connectivity index (χ2n) is 13.7. The van der Waals surface area contributed by atoms with E-state index in [9.17, 15) is 38.7 Å². The van der Waals surface area contributed by atoms with Crippen molar-refractivity contribution >= 4 is 53.1 Å². The maximum Gasteiger partial charge on any atom is 0.326 e. The van der Waals surface area contributed by atoms with E-state index in [-0.39, 0.29) is 140 Å². The Labute approximate surface area is 348 Å². The van der Waals surface area contributed by atoms with Crippen molar-refractivity contribution in [1.82, 2.24) is 26.6 Å². The Kier molecular flexibility index (Phi) is 37.7. The molecule has 0 unspecified atom stereocenters. The van der Waals surface area contributed by atoms with E-state index in [2.05, 4.69) is 26.6 Å². The quantitative estimate of drug-likeness (QED) is 0.0345. The van der Waals surface area contributed by atoms with E-state index >= 15 is 0 Å². The van der Waals surface area contributed by atoms with Crippen molar-refractivity contribution in [3.05, 3.63) is 0 Å². The monoisotopic (exact) mass is 851 g/mol. The highest BCUT2D eigenvalue weighted by atomic mass is 35.5. The predicted octanol–water partition coefficient (Wildman–Crippen LogP) is 2.43. The summed E-state index contributed by atoms with van der Waals surface area (Å²) in [5.74, 6) is -3.71. The molecule has 0 aliphatic heterocycles. The van der Waals surface area contributed by atoms with Crippen LogP contribution in [0.2, 0.25) is 0 Å². The lowest BCUT2D eigenvalue weighted by molar-refractivity contribution is -0.142. The van der Waals surface area contributed by atoms with Gasteiger partial charge in [-0.25, -0.2) is 4.79 Å². The van der Waals surface area contributed by atoms with E-state index in [4.69, 9.17) is 35.7 Å². The van der Waals surface area contributed by atoms with E-state index in [0.29, 0.717) is 6.42 Å². The molecule has 0 radical (unpaired) electrons. The molecule has 336 valence electrons. The molecule has 0 rings (SSSR count). The molecule has 7 N–H and O–H groups in total. The molecule has 0 saturated carbocycles. The number of carboxylic acids is 2. The molecule has 1 atom stereocenters. The SMILES string of the molecule is O=C(O)CCCCCCCCCCCCCCCCC(=O)N[C@@H](CCC(=O)NCCOCCOCC(=O)NCCOCCOCC(=O)NCCNC(=O)CCl)C(=O)O. The van der Waals surface area contributed by atoms with Gasteiger partial charge in [0.25, 0.3) is 0 Å². The maximum atomic E-state index is 12.3. The third-order valence-electron chi connectivity index (χ3n) is 8.58. The molecule has 0 saturated heterocycles. The Hall–Kier alpha value is -3.58. The average molecular weight is 852 g/mol. The highest BCUT2D eigenvalue weighted by Gasteiger charge is 2.20. The van der Waals surface area contributed by atoms with Crippen molar-refractivity contribution in [3.8, 4) is 0 Å². The average Bonchev–Trinajstić information content (AvgIpc) is 3.19. The second kappa shape index (κ2) is 40.2. The van der Waals surface area contributed by atoms with Crippen LogP contribution in [-0.2, 0) is 52.5 Å². The molecule has 58 heavy (non-hydrogen) atoms. The first-order valence-corrected chi connectivity index (χ1v) is 21.3. The number of alkyl halides is 1. The molecule has 0 aliphatic rings. The number of nitrogens with one attached hydrogen (secondary N) is 5. The zero-order valence-corrected chi connectivity index (χ0v) is 35.0. The normalized spacial score (nSPS) is 11.4. The van der Waals surface area contributed by atoms with Gasteiger partial charge in [0.1, 0.15) is 25.1 Å². The van der Waals surface area contributed by atoms with Gasteiger partial charge in [0.15, 0.2) is 0 Å². The van der Waals surface area contributed by atoms with Crippen molar-refractivity contribution in [2.75, 3.05) is 84.9 Å². The van der Waals surface area contributed by atoms with E-state index in [1.807, 2.05) is 0 Å². The summed E-state index contributed by atoms with van der Waals surface area (Å²) < 4.78 is 21.1. The summed E-state index contributed by atoms with van der Waals surface area (Å²) in [5.41, 5.74) is 0.